The maximum absolute atomic E-state index is 14.1. The molecule has 3 aromatic carbocycles. The van der Waals surface area contributed by atoms with Gasteiger partial charge in [0.1, 0.15) is 12.6 Å². The molecule has 0 unspecified atom stereocenters. The number of sulfonamides is 1. The summed E-state index contributed by atoms with van der Waals surface area (Å²) in [7, 11) is -1.44. The molecular weight excluding hydrogens is 578 g/mol. The first kappa shape index (κ1) is 32.8. The Morgan fingerprint density at radius 3 is 2.17 bits per heavy atom. The van der Waals surface area contributed by atoms with Crippen molar-refractivity contribution in [1.82, 2.24) is 10.2 Å². The van der Waals surface area contributed by atoms with Crippen molar-refractivity contribution >= 4 is 39.1 Å². The quantitative estimate of drug-likeness (QED) is 0.289. The van der Waals surface area contributed by atoms with Crippen LogP contribution in [0.5, 0.6) is 11.5 Å². The van der Waals surface area contributed by atoms with E-state index in [1.54, 1.807) is 19.1 Å². The predicted octanol–water partition coefficient (Wildman–Crippen LogP) is 5.05. The Bertz CT molecular complexity index is 1490. The minimum absolute atomic E-state index is 0.101. The number of rotatable bonds is 13. The predicted molar refractivity (Wildman–Crippen MR) is 165 cm³/mol. The number of carbonyl (C=O) groups is 2. The van der Waals surface area contributed by atoms with E-state index in [1.807, 2.05) is 45.0 Å². The number of nitrogens with zero attached hydrogens (tertiary/aromatic N) is 2. The van der Waals surface area contributed by atoms with Gasteiger partial charge in [0.15, 0.2) is 11.5 Å². The summed E-state index contributed by atoms with van der Waals surface area (Å²) in [4.78, 5) is 28.5. The maximum atomic E-state index is 14.1. The summed E-state index contributed by atoms with van der Waals surface area (Å²) in [5, 5.41) is 3.29. The number of amides is 2. The van der Waals surface area contributed by atoms with Crippen LogP contribution in [0.1, 0.15) is 31.9 Å². The summed E-state index contributed by atoms with van der Waals surface area (Å²) in [6.07, 6.45) is 0. The number of aryl methyl sites for hydroxylation is 1. The number of hydrogen-bond acceptors (Lipinski definition) is 6. The van der Waals surface area contributed by atoms with E-state index in [4.69, 9.17) is 21.1 Å². The lowest BCUT2D eigenvalue weighted by Crippen LogP contribution is -2.51. The molecule has 9 nitrogen and oxygen atoms in total. The first-order valence-corrected chi connectivity index (χ1v) is 15.3. The van der Waals surface area contributed by atoms with Crippen LogP contribution in [0.4, 0.5) is 5.69 Å². The fourth-order valence-electron chi connectivity index (χ4n) is 4.25. The van der Waals surface area contributed by atoms with Gasteiger partial charge in [-0.15, -0.1) is 0 Å². The Hall–Kier alpha value is -3.76. The molecule has 0 heterocycles. The summed E-state index contributed by atoms with van der Waals surface area (Å²) in [5.74, 6) is -0.0848. The summed E-state index contributed by atoms with van der Waals surface area (Å²) < 4.78 is 39.8. The van der Waals surface area contributed by atoms with Gasteiger partial charge in [-0.1, -0.05) is 49.7 Å². The third kappa shape index (κ3) is 7.95. The molecule has 1 atom stereocenters. The van der Waals surface area contributed by atoms with Gasteiger partial charge in [-0.3, -0.25) is 13.9 Å². The third-order valence-electron chi connectivity index (χ3n) is 6.79. The molecule has 0 saturated heterocycles. The second-order valence-electron chi connectivity index (χ2n) is 10.3. The van der Waals surface area contributed by atoms with Crippen LogP contribution in [-0.4, -0.2) is 58.5 Å². The molecule has 0 fully saturated rings. The van der Waals surface area contributed by atoms with E-state index < -0.39 is 28.5 Å². The number of carbonyl (C=O) groups excluding carboxylic acids is 2. The SMILES string of the molecule is COc1ccc(S(=O)(=O)N(CC(=O)N(Cc2ccccc2C)[C@H](C)C(=O)NCC(C)C)c2ccc(Cl)cc2)cc1OC. The minimum Gasteiger partial charge on any atom is -0.493 e. The molecule has 0 bridgehead atoms. The number of halogens is 1. The van der Waals surface area contributed by atoms with Crippen LogP contribution in [0.25, 0.3) is 0 Å². The maximum Gasteiger partial charge on any atom is 0.264 e. The summed E-state index contributed by atoms with van der Waals surface area (Å²) >= 11 is 6.09. The normalized spacial score (nSPS) is 12.0. The highest BCUT2D eigenvalue weighted by molar-refractivity contribution is 7.92. The first-order chi connectivity index (χ1) is 19.9. The van der Waals surface area contributed by atoms with E-state index in [1.165, 1.54) is 49.5 Å². The Morgan fingerprint density at radius 2 is 1.57 bits per heavy atom. The van der Waals surface area contributed by atoms with E-state index >= 15 is 0 Å². The molecule has 0 aliphatic rings. The van der Waals surface area contributed by atoms with E-state index in [0.717, 1.165) is 15.4 Å². The zero-order valence-corrected chi connectivity index (χ0v) is 26.3. The topological polar surface area (TPSA) is 105 Å². The molecular formula is C31H38ClN3O6S. The molecule has 0 aliphatic heterocycles. The van der Waals surface area contributed by atoms with E-state index in [2.05, 4.69) is 5.32 Å². The average molecular weight is 616 g/mol. The van der Waals surface area contributed by atoms with Gasteiger partial charge in [0.25, 0.3) is 10.0 Å². The molecule has 42 heavy (non-hydrogen) atoms. The number of methoxy groups -OCH3 is 2. The van der Waals surface area contributed by atoms with Crippen molar-refractivity contribution < 1.29 is 27.5 Å². The summed E-state index contributed by atoms with van der Waals surface area (Å²) in [6, 6.07) is 17.0. The molecule has 3 aromatic rings. The van der Waals surface area contributed by atoms with Crippen molar-refractivity contribution in [2.45, 2.75) is 45.2 Å². The van der Waals surface area contributed by atoms with Gasteiger partial charge in [-0.05, 0) is 67.3 Å². The van der Waals surface area contributed by atoms with Crippen molar-refractivity contribution in [3.63, 3.8) is 0 Å². The molecule has 2 amide bonds. The zero-order valence-electron chi connectivity index (χ0n) is 24.8. The number of nitrogens with one attached hydrogen (secondary N) is 1. The number of anilines is 1. The average Bonchev–Trinajstić information content (AvgIpc) is 2.97. The third-order valence-corrected chi connectivity index (χ3v) is 8.81. The highest BCUT2D eigenvalue weighted by Crippen LogP contribution is 2.32. The van der Waals surface area contributed by atoms with Crippen LogP contribution in [-0.2, 0) is 26.2 Å². The second kappa shape index (κ2) is 14.4. The van der Waals surface area contributed by atoms with Gasteiger partial charge >= 0.3 is 0 Å². The molecule has 0 radical (unpaired) electrons. The van der Waals surface area contributed by atoms with Gasteiger partial charge in [0, 0.05) is 24.2 Å². The first-order valence-electron chi connectivity index (χ1n) is 13.5. The lowest BCUT2D eigenvalue weighted by molar-refractivity contribution is -0.139. The van der Waals surface area contributed by atoms with Crippen molar-refractivity contribution in [3.8, 4) is 11.5 Å². The van der Waals surface area contributed by atoms with Crippen molar-refractivity contribution in [3.05, 3.63) is 82.9 Å². The standard InChI is InChI=1S/C31H38ClN3O6S/c1-21(2)18-33-31(37)23(4)34(19-24-10-8-7-9-22(24)3)30(36)20-35(26-13-11-25(32)12-14-26)42(38,39)27-15-16-28(40-5)29(17-27)41-6/h7-17,21,23H,18-20H2,1-6H3,(H,33,37)/t23-/m1/s1. The van der Waals surface area contributed by atoms with Gasteiger partial charge in [0.05, 0.1) is 24.8 Å². The minimum atomic E-state index is -4.29. The molecule has 0 aromatic heterocycles. The Labute approximate surface area is 253 Å². The van der Waals surface area contributed by atoms with Gasteiger partial charge < -0.3 is 19.7 Å². The molecule has 0 spiro atoms. The van der Waals surface area contributed by atoms with Crippen LogP contribution < -0.4 is 19.1 Å². The smallest absolute Gasteiger partial charge is 0.264 e. The van der Waals surface area contributed by atoms with Crippen LogP contribution in [0.2, 0.25) is 5.02 Å². The largest absolute Gasteiger partial charge is 0.493 e. The highest BCUT2D eigenvalue weighted by Gasteiger charge is 2.33. The zero-order chi connectivity index (χ0) is 31.0. The van der Waals surface area contributed by atoms with E-state index in [-0.39, 0.29) is 34.7 Å². The van der Waals surface area contributed by atoms with Crippen molar-refractivity contribution in [2.75, 3.05) is 31.6 Å². The number of hydrogen-bond donors (Lipinski definition) is 1. The van der Waals surface area contributed by atoms with Gasteiger partial charge in [0.2, 0.25) is 11.8 Å². The van der Waals surface area contributed by atoms with Gasteiger partial charge in [-0.25, -0.2) is 8.42 Å². The van der Waals surface area contributed by atoms with Crippen LogP contribution in [0.15, 0.2) is 71.6 Å². The van der Waals surface area contributed by atoms with E-state index in [9.17, 15) is 18.0 Å². The summed E-state index contributed by atoms with van der Waals surface area (Å²) in [5.41, 5.74) is 2.02. The van der Waals surface area contributed by atoms with Crippen LogP contribution in [0.3, 0.4) is 0 Å². The lowest BCUT2D eigenvalue weighted by atomic mass is 10.1. The molecule has 1 N–H and O–H groups in total. The number of benzene rings is 3. The fourth-order valence-corrected chi connectivity index (χ4v) is 5.80. The fraction of sp³-hybridized carbons (Fsp3) is 0.355. The molecule has 3 rings (SSSR count). The lowest BCUT2D eigenvalue weighted by Gasteiger charge is -2.32. The van der Waals surface area contributed by atoms with Crippen molar-refractivity contribution in [2.24, 2.45) is 5.92 Å². The van der Waals surface area contributed by atoms with Crippen molar-refractivity contribution in [1.29, 1.82) is 0 Å². The second-order valence-corrected chi connectivity index (χ2v) is 12.6. The Kier molecular flexibility index (Phi) is 11.2. The monoisotopic (exact) mass is 615 g/mol. The van der Waals surface area contributed by atoms with Crippen LogP contribution in [0, 0.1) is 12.8 Å². The van der Waals surface area contributed by atoms with Crippen LogP contribution >= 0.6 is 11.6 Å². The highest BCUT2D eigenvalue weighted by atomic mass is 35.5. The number of ether oxygens (including phenoxy) is 2. The molecule has 11 heteroatoms. The summed E-state index contributed by atoms with van der Waals surface area (Å²) in [6.45, 7) is 7.51. The molecule has 226 valence electrons. The van der Waals surface area contributed by atoms with Gasteiger partial charge in [-0.2, -0.15) is 0 Å². The Balaban J connectivity index is 2.06. The van der Waals surface area contributed by atoms with E-state index in [0.29, 0.717) is 17.3 Å². The molecule has 0 aliphatic carbocycles. The Morgan fingerprint density at radius 1 is 0.929 bits per heavy atom. The molecule has 0 saturated carbocycles.